The Bertz CT molecular complexity index is 210. The number of aliphatic hydroxyl groups is 4. The molecule has 126 valence electrons. The van der Waals surface area contributed by atoms with Crippen LogP contribution in [0.25, 0.3) is 0 Å². The van der Waals surface area contributed by atoms with Crippen LogP contribution in [-0.2, 0) is 0 Å². The number of aliphatic hydroxyl groups excluding tert-OH is 4. The van der Waals surface area contributed by atoms with Crippen LogP contribution in [0, 0.1) is 0 Å². The third-order valence-corrected chi connectivity index (χ3v) is 2.83. The van der Waals surface area contributed by atoms with Crippen LogP contribution in [0.3, 0.4) is 0 Å². The van der Waals surface area contributed by atoms with E-state index in [-0.39, 0.29) is 24.8 Å². The highest BCUT2D eigenvalue weighted by Gasteiger charge is 2.32. The van der Waals surface area contributed by atoms with Crippen molar-refractivity contribution in [3.8, 4) is 0 Å². The smallest absolute Gasteiger partial charge is 0.111 e. The fraction of sp³-hybridized carbons (Fsp3) is 1.00. The molecule has 0 saturated heterocycles. The zero-order valence-corrected chi connectivity index (χ0v) is 14.2. The lowest BCUT2D eigenvalue weighted by atomic mass is 10.0. The first-order valence-corrected chi connectivity index (χ1v) is 6.83. The van der Waals surface area contributed by atoms with E-state index < -0.39 is 30.6 Å². The van der Waals surface area contributed by atoms with Gasteiger partial charge in [0.1, 0.15) is 18.3 Å². The molecular weight excluding hydrogens is 354 g/mol. The molecule has 0 bridgehead atoms. The van der Waals surface area contributed by atoms with Gasteiger partial charge < -0.3 is 20.4 Å². The average molecular weight is 378 g/mol. The van der Waals surface area contributed by atoms with Gasteiger partial charge in [0.2, 0.25) is 0 Å². The van der Waals surface area contributed by atoms with Crippen LogP contribution in [0.4, 0.5) is 0 Å². The highest BCUT2D eigenvalue weighted by atomic mass is 35.5. The molecule has 6 nitrogen and oxygen atoms in total. The molecule has 0 aliphatic rings. The molecule has 0 aromatic heterocycles. The van der Waals surface area contributed by atoms with Crippen molar-refractivity contribution in [2.75, 3.05) is 24.8 Å². The summed E-state index contributed by atoms with van der Waals surface area (Å²) < 4.78 is 0. The number of hydrogen-bond donors (Lipinski definition) is 6. The van der Waals surface area contributed by atoms with Gasteiger partial charge in [-0.3, -0.25) is 10.6 Å². The summed E-state index contributed by atoms with van der Waals surface area (Å²) in [5.41, 5.74) is 0. The van der Waals surface area contributed by atoms with Gasteiger partial charge in [-0.15, -0.1) is 48.0 Å². The second kappa shape index (κ2) is 14.8. The van der Waals surface area contributed by atoms with Crippen LogP contribution >= 0.6 is 48.0 Å². The normalized spacial score (nSPS) is 16.8. The topological polar surface area (TPSA) is 105 Å². The standard InChI is InChI=1S/C10H22Cl2N2O4.2ClH/c1-6(15)7(16)8(17)9(18)10(13-4-2-11)14-5-3-12;;/h6-10,13-18H,2-5H2,1H3;2*1H/t6-,7-,8+,9+;;/m1../s1. The van der Waals surface area contributed by atoms with Gasteiger partial charge in [-0.2, -0.15) is 0 Å². The van der Waals surface area contributed by atoms with Gasteiger partial charge in [0.25, 0.3) is 0 Å². The molecule has 20 heavy (non-hydrogen) atoms. The van der Waals surface area contributed by atoms with Crippen LogP contribution in [0.2, 0.25) is 0 Å². The number of hydrogen-bond acceptors (Lipinski definition) is 6. The maximum absolute atomic E-state index is 9.92. The van der Waals surface area contributed by atoms with E-state index in [0.29, 0.717) is 24.8 Å². The van der Waals surface area contributed by atoms with Gasteiger partial charge in [-0.1, -0.05) is 0 Å². The van der Waals surface area contributed by atoms with E-state index in [1.165, 1.54) is 6.92 Å². The Morgan fingerprint density at radius 3 is 1.50 bits per heavy atom. The van der Waals surface area contributed by atoms with Gasteiger partial charge in [0.05, 0.1) is 12.3 Å². The predicted octanol–water partition coefficient (Wildman–Crippen LogP) is -0.724. The molecule has 0 radical (unpaired) electrons. The van der Waals surface area contributed by atoms with E-state index in [9.17, 15) is 15.3 Å². The maximum atomic E-state index is 9.92. The summed E-state index contributed by atoms with van der Waals surface area (Å²) in [4.78, 5) is 0. The summed E-state index contributed by atoms with van der Waals surface area (Å²) in [5.74, 6) is 0.668. The predicted molar refractivity (Wildman–Crippen MR) is 85.4 cm³/mol. The van der Waals surface area contributed by atoms with Crippen molar-refractivity contribution >= 4 is 48.0 Å². The molecule has 0 aliphatic carbocycles. The second-order valence-electron chi connectivity index (χ2n) is 3.98. The van der Waals surface area contributed by atoms with Crippen LogP contribution in [-0.4, -0.2) is 75.9 Å². The summed E-state index contributed by atoms with van der Waals surface area (Å²) in [5, 5.41) is 44.1. The molecule has 0 aromatic rings. The first-order valence-electron chi connectivity index (χ1n) is 5.76. The first-order chi connectivity index (χ1) is 8.45. The maximum Gasteiger partial charge on any atom is 0.111 e. The minimum Gasteiger partial charge on any atom is -0.391 e. The minimum absolute atomic E-state index is 0. The third kappa shape index (κ3) is 9.78. The van der Waals surface area contributed by atoms with Crippen LogP contribution < -0.4 is 10.6 Å². The number of halogens is 4. The summed E-state index contributed by atoms with van der Waals surface area (Å²) in [6.45, 7) is 2.15. The van der Waals surface area contributed by atoms with Gasteiger partial charge in [0.15, 0.2) is 0 Å². The molecule has 6 N–H and O–H groups in total. The molecule has 0 saturated carbocycles. The zero-order chi connectivity index (χ0) is 14.1. The molecule has 4 atom stereocenters. The number of rotatable bonds is 10. The van der Waals surface area contributed by atoms with Crippen LogP contribution in [0.15, 0.2) is 0 Å². The van der Waals surface area contributed by atoms with E-state index in [1.54, 1.807) is 0 Å². The third-order valence-electron chi connectivity index (χ3n) is 2.45. The molecular formula is C10H24Cl4N2O4. The van der Waals surface area contributed by atoms with Crippen LogP contribution in [0.1, 0.15) is 6.92 Å². The molecule has 0 amide bonds. The van der Waals surface area contributed by atoms with Gasteiger partial charge >= 0.3 is 0 Å². The van der Waals surface area contributed by atoms with E-state index in [1.807, 2.05) is 0 Å². The van der Waals surface area contributed by atoms with Gasteiger partial charge in [-0.25, -0.2) is 0 Å². The van der Waals surface area contributed by atoms with E-state index in [0.717, 1.165) is 0 Å². The first kappa shape index (κ1) is 25.9. The fourth-order valence-corrected chi connectivity index (χ4v) is 1.64. The number of alkyl halides is 2. The molecule has 0 aromatic carbocycles. The lowest BCUT2D eigenvalue weighted by Crippen LogP contribution is -2.59. The Morgan fingerprint density at radius 1 is 0.800 bits per heavy atom. The van der Waals surface area contributed by atoms with Crippen molar-refractivity contribution in [2.45, 2.75) is 37.5 Å². The lowest BCUT2D eigenvalue weighted by molar-refractivity contribution is -0.111. The Kier molecular flexibility index (Phi) is 19.2. The van der Waals surface area contributed by atoms with E-state index >= 15 is 0 Å². The van der Waals surface area contributed by atoms with Crippen molar-refractivity contribution in [1.82, 2.24) is 10.6 Å². The monoisotopic (exact) mass is 376 g/mol. The Hall–Kier alpha value is 0.920. The fourth-order valence-electron chi connectivity index (χ4n) is 1.42. The quantitative estimate of drug-likeness (QED) is 0.222. The minimum atomic E-state index is -1.49. The summed E-state index contributed by atoms with van der Waals surface area (Å²) >= 11 is 11.1. The van der Waals surface area contributed by atoms with Crippen molar-refractivity contribution in [1.29, 1.82) is 0 Å². The largest absolute Gasteiger partial charge is 0.391 e. The van der Waals surface area contributed by atoms with Crippen molar-refractivity contribution < 1.29 is 20.4 Å². The van der Waals surface area contributed by atoms with Crippen molar-refractivity contribution in [3.05, 3.63) is 0 Å². The van der Waals surface area contributed by atoms with Gasteiger partial charge in [0, 0.05) is 24.8 Å². The number of nitrogens with one attached hydrogen (secondary N) is 2. The van der Waals surface area contributed by atoms with Gasteiger partial charge in [-0.05, 0) is 6.92 Å². The van der Waals surface area contributed by atoms with Crippen molar-refractivity contribution in [2.24, 2.45) is 0 Å². The molecule has 0 aliphatic heterocycles. The van der Waals surface area contributed by atoms with Crippen LogP contribution in [0.5, 0.6) is 0 Å². The molecule has 0 spiro atoms. The summed E-state index contributed by atoms with van der Waals surface area (Å²) in [6.07, 6.45) is -6.04. The highest BCUT2D eigenvalue weighted by Crippen LogP contribution is 2.07. The van der Waals surface area contributed by atoms with E-state index in [4.69, 9.17) is 28.3 Å². The zero-order valence-electron chi connectivity index (χ0n) is 11.1. The lowest BCUT2D eigenvalue weighted by Gasteiger charge is -2.31. The summed E-state index contributed by atoms with van der Waals surface area (Å²) in [7, 11) is 0. The Labute approximate surface area is 141 Å². The molecule has 0 unspecified atom stereocenters. The molecule has 0 fully saturated rings. The Morgan fingerprint density at radius 2 is 1.20 bits per heavy atom. The van der Waals surface area contributed by atoms with Crippen molar-refractivity contribution in [3.63, 3.8) is 0 Å². The molecule has 0 heterocycles. The average Bonchev–Trinajstić information content (AvgIpc) is 2.36. The Balaban J connectivity index is -0.00000144. The SMILES string of the molecule is C[C@@H](O)[C@@H](O)[C@H](O)[C@H](O)C(NCCCl)NCCCl.Cl.Cl. The molecule has 10 heteroatoms. The molecule has 0 rings (SSSR count). The summed E-state index contributed by atoms with van der Waals surface area (Å²) in [6, 6.07) is 0. The van der Waals surface area contributed by atoms with E-state index in [2.05, 4.69) is 10.6 Å². The highest BCUT2D eigenvalue weighted by molar-refractivity contribution is 6.18. The second-order valence-corrected chi connectivity index (χ2v) is 4.73.